The van der Waals surface area contributed by atoms with E-state index in [1.54, 1.807) is 26.0 Å². The van der Waals surface area contributed by atoms with Crippen LogP contribution >= 0.6 is 7.60 Å². The summed E-state index contributed by atoms with van der Waals surface area (Å²) in [6.45, 7) is 4.93. The first kappa shape index (κ1) is 14.4. The van der Waals surface area contributed by atoms with Crippen molar-refractivity contribution in [3.8, 4) is 0 Å². The Kier molecular flexibility index (Phi) is 5.86. The van der Waals surface area contributed by atoms with Crippen LogP contribution < -0.4 is 11.0 Å². The van der Waals surface area contributed by atoms with Gasteiger partial charge in [0.05, 0.1) is 18.5 Å². The van der Waals surface area contributed by atoms with E-state index in [1.807, 2.05) is 12.1 Å². The summed E-state index contributed by atoms with van der Waals surface area (Å²) in [6, 6.07) is 7.40. The second-order valence-corrected chi connectivity index (χ2v) is 5.57. The van der Waals surface area contributed by atoms with E-state index in [0.717, 1.165) is 12.0 Å². The van der Waals surface area contributed by atoms with Crippen molar-refractivity contribution < 1.29 is 13.6 Å². The van der Waals surface area contributed by atoms with Gasteiger partial charge in [-0.25, -0.2) is 0 Å². The van der Waals surface area contributed by atoms with Crippen LogP contribution in [0.2, 0.25) is 0 Å². The van der Waals surface area contributed by atoms with Crippen LogP contribution in [-0.2, 0) is 20.0 Å². The molecule has 0 heterocycles. The topological polar surface area (TPSA) is 61.5 Å². The first-order chi connectivity index (χ1) is 8.16. The quantitative estimate of drug-likeness (QED) is 0.760. The van der Waals surface area contributed by atoms with Gasteiger partial charge in [0.25, 0.3) is 0 Å². The normalized spacial score (nSPS) is 11.7. The molecule has 4 nitrogen and oxygen atoms in total. The molecule has 1 aromatic rings. The van der Waals surface area contributed by atoms with Gasteiger partial charge in [0.1, 0.15) is 0 Å². The Morgan fingerprint density at radius 2 is 1.65 bits per heavy atom. The summed E-state index contributed by atoms with van der Waals surface area (Å²) in [5, 5.41) is 0.599. The van der Waals surface area contributed by atoms with Gasteiger partial charge in [-0.2, -0.15) is 0 Å². The van der Waals surface area contributed by atoms with Crippen LogP contribution in [0.25, 0.3) is 0 Å². The minimum atomic E-state index is -3.14. The molecule has 0 aliphatic carbocycles. The Morgan fingerprint density at radius 3 is 2.06 bits per heavy atom. The maximum Gasteiger partial charge on any atom is 0.361 e. The van der Waals surface area contributed by atoms with Gasteiger partial charge in [-0.1, -0.05) is 12.1 Å². The van der Waals surface area contributed by atoms with E-state index in [1.165, 1.54) is 0 Å². The van der Waals surface area contributed by atoms with Crippen molar-refractivity contribution in [2.24, 2.45) is 5.73 Å². The third kappa shape index (κ3) is 3.93. The second kappa shape index (κ2) is 6.92. The van der Waals surface area contributed by atoms with Crippen LogP contribution in [0.4, 0.5) is 0 Å². The van der Waals surface area contributed by atoms with Gasteiger partial charge in [-0.3, -0.25) is 4.57 Å². The third-order valence-corrected chi connectivity index (χ3v) is 4.41. The van der Waals surface area contributed by atoms with Gasteiger partial charge in [0.2, 0.25) is 0 Å². The molecule has 1 rings (SSSR count). The molecule has 0 saturated carbocycles. The summed E-state index contributed by atoms with van der Waals surface area (Å²) >= 11 is 0. The van der Waals surface area contributed by atoms with Gasteiger partial charge < -0.3 is 14.8 Å². The van der Waals surface area contributed by atoms with Crippen molar-refractivity contribution in [3.05, 3.63) is 29.8 Å². The molecular weight excluding hydrogens is 237 g/mol. The lowest BCUT2D eigenvalue weighted by Gasteiger charge is -2.17. The first-order valence-corrected chi connectivity index (χ1v) is 7.39. The van der Waals surface area contributed by atoms with E-state index < -0.39 is 7.60 Å². The van der Waals surface area contributed by atoms with Crippen molar-refractivity contribution in [2.45, 2.75) is 20.3 Å². The minimum Gasteiger partial charge on any atom is -0.330 e. The number of benzene rings is 1. The highest BCUT2D eigenvalue weighted by Gasteiger charge is 2.26. The summed E-state index contributed by atoms with van der Waals surface area (Å²) in [5.74, 6) is 0. The average molecular weight is 257 g/mol. The molecule has 0 amide bonds. The number of hydrogen-bond acceptors (Lipinski definition) is 4. The van der Waals surface area contributed by atoms with E-state index in [-0.39, 0.29) is 0 Å². The lowest BCUT2D eigenvalue weighted by molar-refractivity contribution is 0.230. The Hall–Kier alpha value is -0.670. The largest absolute Gasteiger partial charge is 0.361 e. The molecule has 0 fully saturated rings. The molecule has 0 atom stereocenters. The van der Waals surface area contributed by atoms with Crippen LogP contribution in [-0.4, -0.2) is 19.8 Å². The summed E-state index contributed by atoms with van der Waals surface area (Å²) in [5.41, 5.74) is 6.60. The Labute approximate surface area is 103 Å². The number of nitrogens with two attached hydrogens (primary N) is 1. The fraction of sp³-hybridized carbons (Fsp3) is 0.500. The third-order valence-electron chi connectivity index (χ3n) is 2.28. The number of hydrogen-bond donors (Lipinski definition) is 1. The van der Waals surface area contributed by atoms with Gasteiger partial charge in [-0.05, 0) is 44.5 Å². The fourth-order valence-electron chi connectivity index (χ4n) is 1.54. The van der Waals surface area contributed by atoms with Gasteiger partial charge in [-0.15, -0.1) is 0 Å². The van der Waals surface area contributed by atoms with Crippen molar-refractivity contribution in [1.29, 1.82) is 0 Å². The SMILES string of the molecule is CCOP(=O)(OCC)c1ccc(CCN)cc1. The molecule has 0 aromatic heterocycles. The van der Waals surface area contributed by atoms with Crippen molar-refractivity contribution in [3.63, 3.8) is 0 Å². The predicted octanol–water partition coefficient (Wildman–Crippen LogP) is 2.08. The van der Waals surface area contributed by atoms with E-state index in [0.29, 0.717) is 25.1 Å². The maximum atomic E-state index is 12.4. The lowest BCUT2D eigenvalue weighted by Crippen LogP contribution is -2.11. The first-order valence-electron chi connectivity index (χ1n) is 5.85. The highest BCUT2D eigenvalue weighted by Crippen LogP contribution is 2.46. The molecular formula is C12H20NO3P. The summed E-state index contributed by atoms with van der Waals surface area (Å²) < 4.78 is 22.9. The van der Waals surface area contributed by atoms with Gasteiger partial charge in [0.15, 0.2) is 0 Å². The summed E-state index contributed by atoms with van der Waals surface area (Å²) in [6.07, 6.45) is 0.813. The molecule has 0 aliphatic rings. The van der Waals surface area contributed by atoms with Crippen molar-refractivity contribution >= 4 is 12.9 Å². The second-order valence-electron chi connectivity index (χ2n) is 3.54. The van der Waals surface area contributed by atoms with E-state index >= 15 is 0 Å². The molecule has 0 aliphatic heterocycles. The zero-order valence-electron chi connectivity index (χ0n) is 10.4. The van der Waals surface area contributed by atoms with Gasteiger partial charge in [0, 0.05) is 0 Å². The summed E-state index contributed by atoms with van der Waals surface area (Å²) in [7, 11) is -3.14. The van der Waals surface area contributed by atoms with Crippen LogP contribution in [0, 0.1) is 0 Å². The van der Waals surface area contributed by atoms with Crippen molar-refractivity contribution in [1.82, 2.24) is 0 Å². The smallest absolute Gasteiger partial charge is 0.330 e. The van der Waals surface area contributed by atoms with E-state index in [4.69, 9.17) is 14.8 Å². The molecule has 0 bridgehead atoms. The lowest BCUT2D eigenvalue weighted by atomic mass is 10.2. The molecule has 17 heavy (non-hydrogen) atoms. The minimum absolute atomic E-state index is 0.363. The average Bonchev–Trinajstić information content (AvgIpc) is 2.31. The van der Waals surface area contributed by atoms with Crippen molar-refractivity contribution in [2.75, 3.05) is 19.8 Å². The predicted molar refractivity (Wildman–Crippen MR) is 69.7 cm³/mol. The Bertz CT molecular complexity index is 368. The maximum absolute atomic E-state index is 12.4. The van der Waals surface area contributed by atoms with E-state index in [9.17, 15) is 4.57 Å². The fourth-order valence-corrected chi connectivity index (χ4v) is 3.10. The Balaban J connectivity index is 2.91. The molecule has 96 valence electrons. The molecule has 0 saturated heterocycles. The molecule has 0 spiro atoms. The monoisotopic (exact) mass is 257 g/mol. The van der Waals surface area contributed by atoms with Crippen LogP contribution in [0.1, 0.15) is 19.4 Å². The Morgan fingerprint density at radius 1 is 1.12 bits per heavy atom. The zero-order chi connectivity index (χ0) is 12.7. The van der Waals surface area contributed by atoms with Gasteiger partial charge >= 0.3 is 7.60 Å². The molecule has 2 N–H and O–H groups in total. The molecule has 0 radical (unpaired) electrons. The summed E-state index contributed by atoms with van der Waals surface area (Å²) in [4.78, 5) is 0. The van der Waals surface area contributed by atoms with E-state index in [2.05, 4.69) is 0 Å². The van der Waals surface area contributed by atoms with Crippen LogP contribution in [0.15, 0.2) is 24.3 Å². The zero-order valence-corrected chi connectivity index (χ0v) is 11.3. The highest BCUT2D eigenvalue weighted by molar-refractivity contribution is 7.62. The van der Waals surface area contributed by atoms with Crippen LogP contribution in [0.5, 0.6) is 0 Å². The molecule has 0 unspecified atom stereocenters. The number of rotatable bonds is 7. The highest BCUT2D eigenvalue weighted by atomic mass is 31.2. The van der Waals surface area contributed by atoms with Crippen LogP contribution in [0.3, 0.4) is 0 Å². The molecule has 1 aromatic carbocycles. The standard InChI is InChI=1S/C12H20NO3P/c1-3-15-17(14,16-4-2)12-7-5-11(6-8-12)9-10-13/h5-8H,3-4,9-10,13H2,1-2H3. The molecule has 5 heteroatoms.